The van der Waals surface area contributed by atoms with E-state index in [0.29, 0.717) is 23.2 Å². The normalized spacial score (nSPS) is 18.0. The molecule has 4 atom stereocenters. The van der Waals surface area contributed by atoms with Crippen LogP contribution in [0.4, 0.5) is 16.2 Å². The summed E-state index contributed by atoms with van der Waals surface area (Å²) >= 11 is 0. The van der Waals surface area contributed by atoms with Gasteiger partial charge in [-0.1, -0.05) is 65.0 Å². The second-order valence-electron chi connectivity index (χ2n) is 16.0. The summed E-state index contributed by atoms with van der Waals surface area (Å²) in [4.78, 5) is 68.9. The van der Waals surface area contributed by atoms with Crippen LogP contribution in [-0.2, 0) is 34.9 Å². The first-order valence-corrected chi connectivity index (χ1v) is 21.3. The number of hydrogen-bond donors (Lipinski definition) is 4. The minimum absolute atomic E-state index is 0.0649. The molecule has 4 rings (SSSR count). The van der Waals surface area contributed by atoms with Crippen LogP contribution in [0.1, 0.15) is 76.4 Å². The minimum atomic E-state index is -2.54. The minimum Gasteiger partial charge on any atom is -0.508 e. The molecule has 0 saturated carbocycles. The molecule has 1 unspecified atom stereocenters. The highest BCUT2D eigenvalue weighted by molar-refractivity contribution is 6.74. The Morgan fingerprint density at radius 2 is 1.71 bits per heavy atom. The number of fused-ring (bicyclic) bond motifs is 2. The van der Waals surface area contributed by atoms with E-state index in [9.17, 15) is 29.1 Å². The molecule has 2 aromatic rings. The van der Waals surface area contributed by atoms with E-state index in [1.807, 2.05) is 6.92 Å². The third kappa shape index (κ3) is 9.82. The topological polar surface area (TPSA) is 176 Å². The number of hydrazine groups is 1. The van der Waals surface area contributed by atoms with Crippen molar-refractivity contribution in [2.75, 3.05) is 16.9 Å². The zero-order valence-corrected chi connectivity index (χ0v) is 34.4. The lowest BCUT2D eigenvalue weighted by molar-refractivity contribution is -0.154. The number of esters is 1. The Bertz CT molecular complexity index is 1840. The Labute approximate surface area is 324 Å². The van der Waals surface area contributed by atoms with Gasteiger partial charge in [0.15, 0.2) is 14.5 Å². The largest absolute Gasteiger partial charge is 0.508 e. The number of rotatable bonds is 14. The van der Waals surface area contributed by atoms with Gasteiger partial charge >= 0.3 is 12.1 Å². The van der Waals surface area contributed by atoms with Gasteiger partial charge < -0.3 is 34.6 Å². The summed E-state index contributed by atoms with van der Waals surface area (Å²) in [5.74, 6) is -3.13. The van der Waals surface area contributed by atoms with Crippen LogP contribution in [0.3, 0.4) is 0 Å². The van der Waals surface area contributed by atoms with E-state index in [0.717, 1.165) is 5.57 Å². The standard InChI is InChI=1S/C40H55N5O9Si/c1-12-17-52-38(50)34(47)33(23(2)3)41-35(48)26(6)42-43-28-15-13-27(14-16-28)22-53-39(51)45-30-20-32(46)25(5)19-29(30)36(49)44-21-24(4)18-31(44)37(45)54-55(10,11)40(7,8)9/h12-16,19-21,23,26,31,33,37,42-43,46H,1,17-18,22H2,2-11H3,(H,41,48)/t26?,31-,33-,37-/m0/s1. The summed E-state index contributed by atoms with van der Waals surface area (Å²) in [6.45, 7) is 22.4. The molecule has 2 heterocycles. The summed E-state index contributed by atoms with van der Waals surface area (Å²) in [6, 6.07) is 7.58. The number of carbonyl (C=O) groups excluding carboxylic acids is 5. The third-order valence-corrected chi connectivity index (χ3v) is 14.7. The van der Waals surface area contributed by atoms with Crippen molar-refractivity contribution in [3.63, 3.8) is 0 Å². The molecule has 2 aliphatic rings. The smallest absolute Gasteiger partial charge is 0.416 e. The molecule has 298 valence electrons. The fourth-order valence-corrected chi connectivity index (χ4v) is 7.10. The Kier molecular flexibility index (Phi) is 13.4. The summed E-state index contributed by atoms with van der Waals surface area (Å²) in [5.41, 5.74) is 9.03. The van der Waals surface area contributed by atoms with Crippen molar-refractivity contribution >= 4 is 49.4 Å². The first-order valence-electron chi connectivity index (χ1n) is 18.4. The van der Waals surface area contributed by atoms with Gasteiger partial charge in [0.2, 0.25) is 5.91 Å². The van der Waals surface area contributed by atoms with E-state index >= 15 is 0 Å². The van der Waals surface area contributed by atoms with Gasteiger partial charge in [0.05, 0.1) is 17.3 Å². The van der Waals surface area contributed by atoms with E-state index in [2.05, 4.69) is 56.6 Å². The maximum absolute atomic E-state index is 14.3. The lowest BCUT2D eigenvalue weighted by Crippen LogP contribution is -2.57. The van der Waals surface area contributed by atoms with Crippen molar-refractivity contribution in [2.24, 2.45) is 5.92 Å². The molecule has 4 N–H and O–H groups in total. The second-order valence-corrected chi connectivity index (χ2v) is 20.7. The lowest BCUT2D eigenvalue weighted by atomic mass is 9.99. The number of nitrogens with one attached hydrogen (secondary N) is 3. The fourth-order valence-electron chi connectivity index (χ4n) is 5.88. The molecule has 14 nitrogen and oxygen atoms in total. The predicted molar refractivity (Wildman–Crippen MR) is 212 cm³/mol. The van der Waals surface area contributed by atoms with E-state index in [1.165, 1.54) is 17.0 Å². The van der Waals surface area contributed by atoms with Crippen molar-refractivity contribution in [3.8, 4) is 5.75 Å². The number of nitrogens with zero attached hydrogens (tertiary/aromatic N) is 2. The molecule has 2 aromatic carbocycles. The van der Waals surface area contributed by atoms with E-state index in [-0.39, 0.29) is 47.1 Å². The number of ether oxygens (including phenoxy) is 2. The summed E-state index contributed by atoms with van der Waals surface area (Å²) in [6.07, 6.45) is 2.02. The maximum atomic E-state index is 14.3. The molecule has 0 fully saturated rings. The molecule has 0 radical (unpaired) electrons. The molecule has 3 amide bonds. The van der Waals surface area contributed by atoms with Crippen molar-refractivity contribution in [1.29, 1.82) is 0 Å². The molecule has 0 aromatic heterocycles. The van der Waals surface area contributed by atoms with Crippen molar-refractivity contribution in [3.05, 3.63) is 77.5 Å². The van der Waals surface area contributed by atoms with Crippen molar-refractivity contribution in [2.45, 2.75) is 111 Å². The second kappa shape index (κ2) is 17.2. The number of Topliss-reactive ketones (excluding diaryl/α,β-unsaturated/α-hetero) is 1. The number of benzene rings is 2. The number of carbonyl (C=O) groups is 5. The fraction of sp³-hybridized carbons (Fsp3) is 0.475. The molecular formula is C40H55N5O9Si. The monoisotopic (exact) mass is 777 g/mol. The van der Waals surface area contributed by atoms with Crippen LogP contribution >= 0.6 is 0 Å². The third-order valence-electron chi connectivity index (χ3n) is 10.2. The van der Waals surface area contributed by atoms with Crippen LogP contribution < -0.4 is 21.1 Å². The van der Waals surface area contributed by atoms with Gasteiger partial charge in [-0.2, -0.15) is 0 Å². The first-order chi connectivity index (χ1) is 25.7. The molecule has 0 bridgehead atoms. The number of amides is 3. The number of phenolic OH excluding ortho intramolecular Hbond substituents is 1. The highest BCUT2D eigenvalue weighted by Crippen LogP contribution is 2.44. The highest BCUT2D eigenvalue weighted by atomic mass is 28.4. The number of hydrogen-bond acceptors (Lipinski definition) is 11. The molecule has 15 heteroatoms. The van der Waals surface area contributed by atoms with Crippen LogP contribution in [0, 0.1) is 12.8 Å². The number of aryl methyl sites for hydroxylation is 1. The Balaban J connectivity index is 1.48. The van der Waals surface area contributed by atoms with E-state index in [4.69, 9.17) is 13.9 Å². The van der Waals surface area contributed by atoms with Crippen LogP contribution in [0.25, 0.3) is 0 Å². The molecule has 0 aliphatic carbocycles. The van der Waals surface area contributed by atoms with Gasteiger partial charge in [0, 0.05) is 18.0 Å². The highest BCUT2D eigenvalue weighted by Gasteiger charge is 2.50. The molecule has 2 aliphatic heterocycles. The maximum Gasteiger partial charge on any atom is 0.416 e. The van der Waals surface area contributed by atoms with Gasteiger partial charge in [0.25, 0.3) is 11.7 Å². The van der Waals surface area contributed by atoms with E-state index in [1.54, 1.807) is 69.1 Å². The van der Waals surface area contributed by atoms with Gasteiger partial charge in [-0.3, -0.25) is 14.4 Å². The summed E-state index contributed by atoms with van der Waals surface area (Å²) in [5, 5.41) is 13.2. The van der Waals surface area contributed by atoms with Gasteiger partial charge in [-0.05, 0) is 80.6 Å². The number of anilines is 2. The Morgan fingerprint density at radius 1 is 1.05 bits per heavy atom. The number of aromatic hydroxyl groups is 1. The average molecular weight is 778 g/mol. The summed E-state index contributed by atoms with van der Waals surface area (Å²) in [7, 11) is -2.54. The van der Waals surface area contributed by atoms with Crippen LogP contribution in [0.2, 0.25) is 18.1 Å². The lowest BCUT2D eigenvalue weighted by Gasteiger charge is -2.44. The number of phenols is 1. The molecule has 55 heavy (non-hydrogen) atoms. The molecule has 0 saturated heterocycles. The zero-order valence-electron chi connectivity index (χ0n) is 33.4. The quantitative estimate of drug-likeness (QED) is 0.0576. The van der Waals surface area contributed by atoms with Gasteiger partial charge in [-0.25, -0.2) is 19.9 Å². The number of ketones is 1. The Morgan fingerprint density at radius 3 is 2.31 bits per heavy atom. The SMILES string of the molecule is C=CCOC(=O)C(=O)[C@@H](NC(=O)C(C)NNc1ccc(COC(=O)N2c3cc(O)c(C)cc3C(=O)N3C=C(C)C[C@H]3[C@@H]2O[Si](C)(C)C(C)(C)C)cc1)C(C)C. The molecule has 0 spiro atoms. The van der Waals surface area contributed by atoms with Crippen LogP contribution in [0.15, 0.2) is 60.8 Å². The van der Waals surface area contributed by atoms with Gasteiger partial charge in [0.1, 0.15) is 31.0 Å². The van der Waals surface area contributed by atoms with Crippen LogP contribution in [-0.4, -0.2) is 78.9 Å². The van der Waals surface area contributed by atoms with Crippen LogP contribution in [0.5, 0.6) is 5.75 Å². The first kappa shape index (κ1) is 42.7. The molecular weight excluding hydrogens is 723 g/mol. The predicted octanol–water partition coefficient (Wildman–Crippen LogP) is 6.07. The zero-order chi connectivity index (χ0) is 41.0. The van der Waals surface area contributed by atoms with E-state index < -0.39 is 56.4 Å². The Hall–Kier alpha value is -4.99. The summed E-state index contributed by atoms with van der Waals surface area (Å²) < 4.78 is 17.7. The van der Waals surface area contributed by atoms with Crippen molar-refractivity contribution in [1.82, 2.24) is 15.6 Å². The average Bonchev–Trinajstić information content (AvgIpc) is 3.48. The van der Waals surface area contributed by atoms with Crippen molar-refractivity contribution < 1.29 is 43.0 Å². The van der Waals surface area contributed by atoms with Gasteiger partial charge in [-0.15, -0.1) is 0 Å².